The quantitative estimate of drug-likeness (QED) is 0.0696. The van der Waals surface area contributed by atoms with Crippen LogP contribution in [0.15, 0.2) is 43.0 Å². The highest BCUT2D eigenvalue weighted by Crippen LogP contribution is 2.49. The van der Waals surface area contributed by atoms with Gasteiger partial charge in [0.2, 0.25) is 0 Å². The van der Waals surface area contributed by atoms with Gasteiger partial charge in [-0.3, -0.25) is 9.59 Å². The maximum Gasteiger partial charge on any atom is 0.261 e. The molecule has 0 aromatic carbocycles. The minimum atomic E-state index is -0.0143. The van der Waals surface area contributed by atoms with E-state index in [0.717, 1.165) is 65.1 Å². The van der Waals surface area contributed by atoms with Gasteiger partial charge in [0.1, 0.15) is 0 Å². The van der Waals surface area contributed by atoms with Crippen LogP contribution >= 0.6 is 86.4 Å². The molecule has 0 spiro atoms. The number of thiophene rings is 2. The number of hydrogen-bond acceptors (Lipinski definition) is 4. The van der Waals surface area contributed by atoms with Gasteiger partial charge in [0.15, 0.2) is 0 Å². The summed E-state index contributed by atoms with van der Waals surface area (Å²) in [7, 11) is 0. The van der Waals surface area contributed by atoms with Crippen LogP contribution < -0.4 is 0 Å². The first-order chi connectivity index (χ1) is 23.5. The van der Waals surface area contributed by atoms with Crippen molar-refractivity contribution in [2.45, 2.75) is 128 Å². The van der Waals surface area contributed by atoms with Gasteiger partial charge in [-0.05, 0) is 81.8 Å². The summed E-state index contributed by atoms with van der Waals surface area (Å²) < 4.78 is 2.01. The van der Waals surface area contributed by atoms with Gasteiger partial charge in [-0.2, -0.15) is 0 Å². The van der Waals surface area contributed by atoms with E-state index in [2.05, 4.69) is 75.9 Å². The molecule has 48 heavy (non-hydrogen) atoms. The molecule has 2 amide bonds. The predicted octanol–water partition coefficient (Wildman–Crippen LogP) is 13.7. The Labute approximate surface area is 331 Å². The topological polar surface area (TPSA) is 40.6 Å². The highest BCUT2D eigenvalue weighted by molar-refractivity contribution is 9.11. The molecule has 0 saturated heterocycles. The third kappa shape index (κ3) is 11.9. The third-order valence-corrected chi connectivity index (χ3v) is 13.7. The molecule has 2 aromatic heterocycles. The number of halogens is 4. The first kappa shape index (κ1) is 40.5. The Morgan fingerprint density at radius 1 is 0.438 bits per heavy atom. The molecular weight excluding hydrogens is 900 g/mol. The number of carbonyl (C=O) groups is 2. The van der Waals surface area contributed by atoms with E-state index >= 15 is 0 Å². The van der Waals surface area contributed by atoms with Crippen molar-refractivity contribution in [2.24, 2.45) is 0 Å². The second-order valence-corrected chi connectivity index (χ2v) is 19.5. The van der Waals surface area contributed by atoms with Gasteiger partial charge in [0.25, 0.3) is 11.8 Å². The fourth-order valence-corrected chi connectivity index (χ4v) is 10.5. The number of fused-ring (bicyclic) bond motifs is 1. The van der Waals surface area contributed by atoms with Gasteiger partial charge in [0.05, 0.1) is 39.9 Å². The van der Waals surface area contributed by atoms with Crippen LogP contribution in [0.2, 0.25) is 0 Å². The number of amides is 2. The molecule has 0 bridgehead atoms. The first-order valence-corrected chi connectivity index (χ1v) is 23.7. The smallest absolute Gasteiger partial charge is 0.261 e. The molecule has 0 atom stereocenters. The molecule has 4 nitrogen and oxygen atoms in total. The average Bonchev–Trinajstić information content (AvgIpc) is 3.83. The Kier molecular flexibility index (Phi) is 19.1. The molecule has 10 heteroatoms. The zero-order chi connectivity index (χ0) is 34.1. The summed E-state index contributed by atoms with van der Waals surface area (Å²) in [5.74, 6) is -0.0287. The van der Waals surface area contributed by atoms with Crippen LogP contribution in [0.3, 0.4) is 0 Å². The molecule has 0 aliphatic carbocycles. The highest BCUT2D eigenvalue weighted by Gasteiger charge is 2.49. The third-order valence-electron chi connectivity index (χ3n) is 9.33. The number of carbonyl (C=O) groups excluding carboxylic acids is 2. The summed E-state index contributed by atoms with van der Waals surface area (Å²) in [4.78, 5) is 34.5. The Hall–Kier alpha value is -0.260. The van der Waals surface area contributed by atoms with Crippen molar-refractivity contribution in [3.8, 4) is 0 Å². The van der Waals surface area contributed by atoms with Gasteiger partial charge in [-0.25, -0.2) is 0 Å². The maximum absolute atomic E-state index is 14.4. The summed E-state index contributed by atoms with van der Waals surface area (Å²) in [6.07, 6.45) is 24.8. The Bertz CT molecular complexity index is 1270. The molecule has 266 valence electrons. The number of nitrogens with zero attached hydrogens (tertiary/aromatic N) is 2. The number of hydrogen-bond donors (Lipinski definition) is 0. The molecule has 4 rings (SSSR count). The fourth-order valence-electron chi connectivity index (χ4n) is 6.78. The summed E-state index contributed by atoms with van der Waals surface area (Å²) in [5, 5.41) is 2.23. The lowest BCUT2D eigenvalue weighted by Gasteiger charge is -2.24. The summed E-state index contributed by atoms with van der Waals surface area (Å²) in [6.45, 7) is 1.29. The first-order valence-electron chi connectivity index (χ1n) is 18.2. The van der Waals surface area contributed by atoms with Crippen molar-refractivity contribution < 1.29 is 9.59 Å². The molecule has 0 saturated carbocycles. The Morgan fingerprint density at radius 3 is 1.00 bits per heavy atom. The predicted molar refractivity (Wildman–Crippen MR) is 221 cm³/mol. The Morgan fingerprint density at radius 2 is 0.729 bits per heavy atom. The zero-order valence-corrected chi connectivity index (χ0v) is 36.3. The number of rotatable bonds is 26. The minimum Gasteiger partial charge on any atom is -0.306 e. The zero-order valence-electron chi connectivity index (χ0n) is 28.3. The van der Waals surface area contributed by atoms with Crippen molar-refractivity contribution in [1.82, 2.24) is 9.80 Å². The van der Waals surface area contributed by atoms with E-state index in [9.17, 15) is 9.59 Å². The van der Waals surface area contributed by atoms with E-state index in [1.54, 1.807) is 22.7 Å². The normalized spacial score (nSPS) is 14.8. The van der Waals surface area contributed by atoms with Crippen molar-refractivity contribution in [3.05, 3.63) is 52.7 Å². The maximum atomic E-state index is 14.4. The lowest BCUT2D eigenvalue weighted by molar-refractivity contribution is -0.124. The van der Waals surface area contributed by atoms with Gasteiger partial charge in [-0.15, -0.1) is 22.7 Å². The van der Waals surface area contributed by atoms with Crippen molar-refractivity contribution >= 4 is 110 Å². The van der Waals surface area contributed by atoms with E-state index in [0.29, 0.717) is 24.2 Å². The fraction of sp³-hybridized carbons (Fsp3) is 0.632. The molecule has 2 aliphatic heterocycles. The van der Waals surface area contributed by atoms with E-state index in [-0.39, 0.29) is 11.8 Å². The summed E-state index contributed by atoms with van der Waals surface area (Å²) in [5.41, 5.74) is 2.83. The van der Waals surface area contributed by atoms with E-state index in [4.69, 9.17) is 0 Å². The second-order valence-electron chi connectivity index (χ2n) is 13.0. The van der Waals surface area contributed by atoms with Crippen LogP contribution in [0.4, 0.5) is 0 Å². The molecule has 2 aliphatic rings. The van der Waals surface area contributed by atoms with Crippen LogP contribution in [0.1, 0.15) is 138 Å². The molecule has 0 radical (unpaired) electrons. The van der Waals surface area contributed by atoms with Crippen LogP contribution in [-0.4, -0.2) is 45.4 Å². The minimum absolute atomic E-state index is 0.0143. The molecule has 0 unspecified atom stereocenters. The van der Waals surface area contributed by atoms with Gasteiger partial charge >= 0.3 is 0 Å². The number of alkyl halides is 2. The van der Waals surface area contributed by atoms with Crippen molar-refractivity contribution in [3.63, 3.8) is 0 Å². The van der Waals surface area contributed by atoms with E-state index < -0.39 is 0 Å². The molecule has 0 N–H and O–H groups in total. The average molecular weight is 953 g/mol. The second kappa shape index (κ2) is 22.6. The van der Waals surface area contributed by atoms with Crippen molar-refractivity contribution in [1.29, 1.82) is 0 Å². The molecular formula is C38H52Br4N2O2S2. The SMILES string of the molecule is O=C1C2=C(c3ccc(Br)s3)N(CCCCCCCCCCCCBr)C(=O)C2=C(c2ccc(Br)s2)N1CCCCCCCCCCCCBr. The van der Waals surface area contributed by atoms with Crippen LogP contribution in [-0.2, 0) is 9.59 Å². The van der Waals surface area contributed by atoms with Crippen molar-refractivity contribution in [2.75, 3.05) is 23.7 Å². The number of unbranched alkanes of at least 4 members (excludes halogenated alkanes) is 18. The van der Waals surface area contributed by atoms with Crippen LogP contribution in [0.5, 0.6) is 0 Å². The van der Waals surface area contributed by atoms with Gasteiger partial charge in [-0.1, -0.05) is 135 Å². The Balaban J connectivity index is 1.39. The largest absolute Gasteiger partial charge is 0.306 e. The van der Waals surface area contributed by atoms with Crippen LogP contribution in [0, 0.1) is 0 Å². The van der Waals surface area contributed by atoms with E-state index in [1.807, 2.05) is 21.9 Å². The van der Waals surface area contributed by atoms with Crippen LogP contribution in [0.25, 0.3) is 11.4 Å². The lowest BCUT2D eigenvalue weighted by atomic mass is 10.1. The lowest BCUT2D eigenvalue weighted by Crippen LogP contribution is -2.30. The molecule has 4 heterocycles. The van der Waals surface area contributed by atoms with Gasteiger partial charge < -0.3 is 9.80 Å². The van der Waals surface area contributed by atoms with E-state index in [1.165, 1.54) is 103 Å². The monoisotopic (exact) mass is 948 g/mol. The van der Waals surface area contributed by atoms with Gasteiger partial charge in [0, 0.05) is 23.7 Å². The summed E-state index contributed by atoms with van der Waals surface area (Å²) >= 11 is 17.5. The highest BCUT2D eigenvalue weighted by atomic mass is 79.9. The standard InChI is InChI=1S/C38H52Br4N2O2S2/c39-25-17-13-9-5-1-3-7-11-15-19-27-43-35(29-21-23-31(41)47-29)33-34(37(43)45)36(30-22-24-32(42)48-30)44(38(33)46)28-20-16-12-8-4-2-6-10-14-18-26-40/h21-24H,1-20,25-28H2. The molecule has 0 fully saturated rings. The summed E-state index contributed by atoms with van der Waals surface area (Å²) in [6, 6.07) is 8.15. The molecule has 2 aromatic rings.